The fraction of sp³-hybridized carbons (Fsp3) is 0.292. The molecule has 186 valence electrons. The van der Waals surface area contributed by atoms with E-state index < -0.39 is 29.3 Å². The molecule has 35 heavy (non-hydrogen) atoms. The number of ether oxygens (including phenoxy) is 1. The Balaban J connectivity index is 1.60. The van der Waals surface area contributed by atoms with E-state index in [-0.39, 0.29) is 29.7 Å². The predicted molar refractivity (Wildman–Crippen MR) is 124 cm³/mol. The Morgan fingerprint density at radius 1 is 1.09 bits per heavy atom. The number of nitrogens with zero attached hydrogens (tertiary/aromatic N) is 2. The van der Waals surface area contributed by atoms with E-state index in [2.05, 4.69) is 15.6 Å². The van der Waals surface area contributed by atoms with Gasteiger partial charge in [0, 0.05) is 24.5 Å². The maximum atomic E-state index is 12.9. The Labute approximate surface area is 205 Å². The van der Waals surface area contributed by atoms with E-state index in [0.29, 0.717) is 6.20 Å². The molecule has 2 amide bonds. The number of carbonyl (C=O) groups is 2. The molecule has 7 nitrogen and oxygen atoms in total. The van der Waals surface area contributed by atoms with Crippen molar-refractivity contribution in [1.82, 2.24) is 20.2 Å². The number of aromatic nitrogens is 2. The summed E-state index contributed by atoms with van der Waals surface area (Å²) >= 11 is 6.02. The topological polar surface area (TPSA) is 85.3 Å². The number of amides is 2. The first-order chi connectivity index (χ1) is 16.3. The standard InChI is InChI=1S/C24H24ClF3N4O3/c1-23(2,3)31-22(34)35-14-16-8-6-15(7-9-16)12-30-21(33)19-5-4-10-32(19)20-18(25)11-17(13-29-20)24(26,27)28/h4-11,13H,12,14H2,1-3H3,(H,30,33)(H,31,34). The minimum atomic E-state index is -4.58. The third-order valence-electron chi connectivity index (χ3n) is 4.68. The van der Waals surface area contributed by atoms with E-state index in [0.717, 1.165) is 17.2 Å². The molecule has 0 fully saturated rings. The van der Waals surface area contributed by atoms with E-state index >= 15 is 0 Å². The van der Waals surface area contributed by atoms with Crippen LogP contribution in [-0.2, 0) is 24.1 Å². The van der Waals surface area contributed by atoms with Gasteiger partial charge in [-0.2, -0.15) is 13.2 Å². The number of carbonyl (C=O) groups excluding carboxylic acids is 2. The van der Waals surface area contributed by atoms with Crippen molar-refractivity contribution in [2.24, 2.45) is 0 Å². The van der Waals surface area contributed by atoms with Gasteiger partial charge in [0.25, 0.3) is 5.91 Å². The fourth-order valence-electron chi connectivity index (χ4n) is 3.03. The number of rotatable bonds is 6. The molecule has 2 N–H and O–H groups in total. The van der Waals surface area contributed by atoms with Crippen LogP contribution in [0.1, 0.15) is 48.0 Å². The van der Waals surface area contributed by atoms with Crippen LogP contribution in [0.5, 0.6) is 0 Å². The van der Waals surface area contributed by atoms with Gasteiger partial charge in [-0.05, 0) is 50.1 Å². The molecule has 2 aromatic heterocycles. The Kier molecular flexibility index (Phi) is 7.74. The van der Waals surface area contributed by atoms with Crippen LogP contribution >= 0.6 is 11.6 Å². The zero-order valence-electron chi connectivity index (χ0n) is 19.2. The van der Waals surface area contributed by atoms with Crippen LogP contribution in [0.25, 0.3) is 5.82 Å². The van der Waals surface area contributed by atoms with Crippen molar-refractivity contribution >= 4 is 23.6 Å². The summed E-state index contributed by atoms with van der Waals surface area (Å²) in [5.41, 5.74) is 0.362. The van der Waals surface area contributed by atoms with E-state index in [1.165, 1.54) is 16.8 Å². The molecule has 1 aromatic carbocycles. The smallest absolute Gasteiger partial charge is 0.417 e. The molecule has 3 rings (SSSR count). The number of halogens is 4. The lowest BCUT2D eigenvalue weighted by Gasteiger charge is -2.19. The number of nitrogens with one attached hydrogen (secondary N) is 2. The molecule has 0 aliphatic rings. The first-order valence-electron chi connectivity index (χ1n) is 10.5. The van der Waals surface area contributed by atoms with Crippen molar-refractivity contribution in [2.75, 3.05) is 0 Å². The van der Waals surface area contributed by atoms with Crippen LogP contribution in [0.4, 0.5) is 18.0 Å². The Bertz CT molecular complexity index is 1200. The molecular formula is C24H24ClF3N4O3. The van der Waals surface area contributed by atoms with E-state index in [9.17, 15) is 22.8 Å². The highest BCUT2D eigenvalue weighted by Gasteiger charge is 2.32. The van der Waals surface area contributed by atoms with Crippen molar-refractivity contribution in [1.29, 1.82) is 0 Å². The van der Waals surface area contributed by atoms with Crippen molar-refractivity contribution < 1.29 is 27.5 Å². The third-order valence-corrected chi connectivity index (χ3v) is 4.96. The van der Waals surface area contributed by atoms with Crippen molar-refractivity contribution in [2.45, 2.75) is 45.6 Å². The summed E-state index contributed by atoms with van der Waals surface area (Å²) < 4.78 is 45.1. The predicted octanol–water partition coefficient (Wildman–Crippen LogP) is 5.50. The van der Waals surface area contributed by atoms with E-state index in [1.807, 2.05) is 20.8 Å². The first kappa shape index (κ1) is 26.1. The molecule has 11 heteroatoms. The van der Waals surface area contributed by atoms with Gasteiger partial charge in [-0.25, -0.2) is 9.78 Å². The highest BCUT2D eigenvalue weighted by atomic mass is 35.5. The molecule has 0 spiro atoms. The maximum absolute atomic E-state index is 12.9. The van der Waals surface area contributed by atoms with Crippen molar-refractivity contribution in [3.63, 3.8) is 0 Å². The summed E-state index contributed by atoms with van der Waals surface area (Å²) in [4.78, 5) is 28.3. The Morgan fingerprint density at radius 2 is 1.74 bits per heavy atom. The number of benzene rings is 1. The average Bonchev–Trinajstić information content (AvgIpc) is 3.24. The minimum Gasteiger partial charge on any atom is -0.445 e. The number of hydrogen-bond acceptors (Lipinski definition) is 4. The Morgan fingerprint density at radius 3 is 2.34 bits per heavy atom. The summed E-state index contributed by atoms with van der Waals surface area (Å²) in [5.74, 6) is -0.450. The van der Waals surface area contributed by atoms with Gasteiger partial charge < -0.3 is 15.4 Å². The monoisotopic (exact) mass is 508 g/mol. The number of alkyl carbamates (subject to hydrolysis) is 1. The van der Waals surface area contributed by atoms with E-state index in [1.54, 1.807) is 30.3 Å². The summed E-state index contributed by atoms with van der Waals surface area (Å²) in [6.45, 7) is 5.85. The van der Waals surface area contributed by atoms with Gasteiger partial charge in [0.2, 0.25) is 0 Å². The summed E-state index contributed by atoms with van der Waals surface area (Å²) in [6, 6.07) is 11.0. The van der Waals surface area contributed by atoms with Crippen molar-refractivity contribution in [3.8, 4) is 5.82 Å². The largest absolute Gasteiger partial charge is 0.445 e. The van der Waals surface area contributed by atoms with Crippen LogP contribution in [0.3, 0.4) is 0 Å². The minimum absolute atomic E-state index is 0.00895. The van der Waals surface area contributed by atoms with Gasteiger partial charge in [-0.15, -0.1) is 0 Å². The quantitative estimate of drug-likeness (QED) is 0.460. The molecule has 2 heterocycles. The highest BCUT2D eigenvalue weighted by Crippen LogP contribution is 2.32. The van der Waals surface area contributed by atoms with Crippen molar-refractivity contribution in [3.05, 3.63) is 82.3 Å². The Hall–Kier alpha value is -3.53. The molecule has 0 saturated heterocycles. The summed E-state index contributed by atoms with van der Waals surface area (Å²) in [7, 11) is 0. The normalized spacial score (nSPS) is 11.7. The van der Waals surface area contributed by atoms with E-state index in [4.69, 9.17) is 16.3 Å². The average molecular weight is 509 g/mol. The number of pyridine rings is 1. The molecule has 0 saturated carbocycles. The third kappa shape index (κ3) is 7.22. The molecule has 0 aliphatic heterocycles. The molecule has 0 bridgehead atoms. The van der Waals surface area contributed by atoms with Gasteiger partial charge in [-0.1, -0.05) is 35.9 Å². The van der Waals surface area contributed by atoms with Gasteiger partial charge >= 0.3 is 12.3 Å². The number of alkyl halides is 3. The summed E-state index contributed by atoms with van der Waals surface area (Å²) in [6.07, 6.45) is -2.94. The van der Waals surface area contributed by atoms with Crippen LogP contribution in [0.2, 0.25) is 5.02 Å². The SMILES string of the molecule is CC(C)(C)NC(=O)OCc1ccc(CNC(=O)c2cccn2-c2ncc(C(F)(F)F)cc2Cl)cc1. The molecule has 0 radical (unpaired) electrons. The van der Waals surface area contributed by atoms with Gasteiger partial charge in [0.05, 0.1) is 10.6 Å². The molecule has 0 unspecified atom stereocenters. The zero-order valence-corrected chi connectivity index (χ0v) is 20.0. The lowest BCUT2D eigenvalue weighted by atomic mass is 10.1. The van der Waals surface area contributed by atoms with Crippen LogP contribution < -0.4 is 10.6 Å². The van der Waals surface area contributed by atoms with Crippen LogP contribution in [0, 0.1) is 0 Å². The second-order valence-corrected chi connectivity index (χ2v) is 9.15. The second kappa shape index (κ2) is 10.4. The van der Waals surface area contributed by atoms with Gasteiger partial charge in [0.1, 0.15) is 12.3 Å². The van der Waals surface area contributed by atoms with Gasteiger partial charge in [0.15, 0.2) is 5.82 Å². The lowest BCUT2D eigenvalue weighted by molar-refractivity contribution is -0.137. The maximum Gasteiger partial charge on any atom is 0.417 e. The van der Waals surface area contributed by atoms with Crippen LogP contribution in [-0.4, -0.2) is 27.1 Å². The first-order valence-corrected chi connectivity index (χ1v) is 10.9. The molecule has 0 aliphatic carbocycles. The van der Waals surface area contributed by atoms with Crippen LogP contribution in [0.15, 0.2) is 54.9 Å². The summed E-state index contributed by atoms with van der Waals surface area (Å²) in [5, 5.41) is 5.22. The molecule has 0 atom stereocenters. The van der Waals surface area contributed by atoms with Gasteiger partial charge in [-0.3, -0.25) is 9.36 Å². The second-order valence-electron chi connectivity index (χ2n) is 8.74. The lowest BCUT2D eigenvalue weighted by Crippen LogP contribution is -2.40. The fourth-order valence-corrected chi connectivity index (χ4v) is 3.29. The zero-order chi connectivity index (χ0) is 25.8. The highest BCUT2D eigenvalue weighted by molar-refractivity contribution is 6.32. The number of hydrogen-bond donors (Lipinski definition) is 2. The molecular weight excluding hydrogens is 485 g/mol. The molecule has 3 aromatic rings.